The normalized spacial score (nSPS) is 14.8. The van der Waals surface area contributed by atoms with Gasteiger partial charge in [0.05, 0.1) is 19.0 Å². The predicted octanol–water partition coefficient (Wildman–Crippen LogP) is 6.82. The van der Waals surface area contributed by atoms with Crippen LogP contribution < -0.4 is 4.74 Å². The van der Waals surface area contributed by atoms with Gasteiger partial charge in [0.15, 0.2) is 5.70 Å². The van der Waals surface area contributed by atoms with Gasteiger partial charge in [-0.2, -0.15) is 0 Å². The summed E-state index contributed by atoms with van der Waals surface area (Å²) >= 11 is 18.9. The molecule has 4 nitrogen and oxygen atoms in total. The number of ether oxygens (including phenoxy) is 2. The molecule has 0 amide bonds. The molecule has 2 aromatic rings. The number of aliphatic imine (C=N–C) groups is 1. The Morgan fingerprint density at radius 3 is 2.50 bits per heavy atom. The standard InChI is InChI=1S/C20H13Br2Cl2NO3/c1-10(2)9-27-18-13(21)5-11(6-14(18)22)7-17-20(26)28-19(25-17)12-3-4-15(23)16(24)8-12/h3-8H,1,9H2,2H3/b17-7-. The van der Waals surface area contributed by atoms with E-state index in [1.54, 1.807) is 24.3 Å². The van der Waals surface area contributed by atoms with Crippen LogP contribution >= 0.6 is 55.1 Å². The maximum absolute atomic E-state index is 12.2. The quantitative estimate of drug-likeness (QED) is 0.235. The van der Waals surface area contributed by atoms with Crippen LogP contribution in [0.15, 0.2) is 62.1 Å². The first-order valence-electron chi connectivity index (χ1n) is 7.99. The summed E-state index contributed by atoms with van der Waals surface area (Å²) in [6.45, 7) is 6.11. The third kappa shape index (κ3) is 4.87. The molecule has 0 radical (unpaired) electrons. The number of cyclic esters (lactones) is 1. The van der Waals surface area contributed by atoms with Crippen LogP contribution in [-0.2, 0) is 9.53 Å². The van der Waals surface area contributed by atoms with E-state index in [2.05, 4.69) is 43.4 Å². The number of carbonyl (C=O) groups excluding carboxylic acids is 1. The fourth-order valence-electron chi connectivity index (χ4n) is 2.32. The van der Waals surface area contributed by atoms with Gasteiger partial charge in [0, 0.05) is 5.56 Å². The van der Waals surface area contributed by atoms with E-state index < -0.39 is 5.97 Å². The van der Waals surface area contributed by atoms with Crippen molar-refractivity contribution in [2.24, 2.45) is 4.99 Å². The van der Waals surface area contributed by atoms with Crippen LogP contribution in [0.3, 0.4) is 0 Å². The summed E-state index contributed by atoms with van der Waals surface area (Å²) in [4.78, 5) is 16.5. The lowest BCUT2D eigenvalue weighted by molar-refractivity contribution is -0.129. The molecule has 1 aliphatic rings. The Labute approximate surface area is 189 Å². The summed E-state index contributed by atoms with van der Waals surface area (Å²) < 4.78 is 12.4. The Morgan fingerprint density at radius 1 is 1.21 bits per heavy atom. The summed E-state index contributed by atoms with van der Waals surface area (Å²) in [6, 6.07) is 8.55. The minimum atomic E-state index is -0.545. The molecule has 0 spiro atoms. The van der Waals surface area contributed by atoms with Gasteiger partial charge >= 0.3 is 5.97 Å². The molecule has 0 saturated carbocycles. The van der Waals surface area contributed by atoms with Crippen molar-refractivity contribution in [3.8, 4) is 5.75 Å². The molecular formula is C20H13Br2Cl2NO3. The third-order valence-electron chi connectivity index (χ3n) is 3.57. The van der Waals surface area contributed by atoms with Crippen LogP contribution in [0.1, 0.15) is 18.1 Å². The molecule has 0 aliphatic carbocycles. The summed E-state index contributed by atoms with van der Waals surface area (Å²) in [5.41, 5.74) is 2.39. The minimum absolute atomic E-state index is 0.175. The van der Waals surface area contributed by atoms with Crippen molar-refractivity contribution in [2.75, 3.05) is 6.61 Å². The van der Waals surface area contributed by atoms with Crippen molar-refractivity contribution in [1.82, 2.24) is 0 Å². The van der Waals surface area contributed by atoms with Crippen molar-refractivity contribution >= 4 is 73.0 Å². The number of hydrogen-bond donors (Lipinski definition) is 0. The van der Waals surface area contributed by atoms with Gasteiger partial charge < -0.3 is 9.47 Å². The first kappa shape index (κ1) is 21.1. The molecule has 0 atom stereocenters. The molecular weight excluding hydrogens is 533 g/mol. The molecule has 144 valence electrons. The molecule has 28 heavy (non-hydrogen) atoms. The Kier molecular flexibility index (Phi) is 6.65. The van der Waals surface area contributed by atoms with Crippen molar-refractivity contribution < 1.29 is 14.3 Å². The van der Waals surface area contributed by atoms with Gasteiger partial charge in [0.1, 0.15) is 12.4 Å². The second-order valence-corrected chi connectivity index (χ2v) is 8.55. The fraction of sp³-hybridized carbons (Fsp3) is 0.100. The van der Waals surface area contributed by atoms with E-state index >= 15 is 0 Å². The lowest BCUT2D eigenvalue weighted by Gasteiger charge is -2.11. The van der Waals surface area contributed by atoms with Gasteiger partial charge in [-0.1, -0.05) is 29.8 Å². The number of hydrogen-bond acceptors (Lipinski definition) is 4. The van der Waals surface area contributed by atoms with E-state index in [0.717, 1.165) is 20.1 Å². The smallest absolute Gasteiger partial charge is 0.363 e. The second-order valence-electron chi connectivity index (χ2n) is 6.02. The Bertz CT molecular complexity index is 1020. The number of halogens is 4. The largest absolute Gasteiger partial charge is 0.487 e. The SMILES string of the molecule is C=C(C)COc1c(Br)cc(/C=C2\N=C(c3ccc(Cl)c(Cl)c3)OC2=O)cc1Br. The van der Waals surface area contributed by atoms with E-state index in [1.165, 1.54) is 0 Å². The Balaban J connectivity index is 1.90. The zero-order valence-corrected chi connectivity index (χ0v) is 19.2. The van der Waals surface area contributed by atoms with Crippen LogP contribution in [0.5, 0.6) is 5.75 Å². The average molecular weight is 546 g/mol. The maximum Gasteiger partial charge on any atom is 0.363 e. The highest BCUT2D eigenvalue weighted by Gasteiger charge is 2.25. The van der Waals surface area contributed by atoms with E-state index in [0.29, 0.717) is 28.0 Å². The first-order valence-corrected chi connectivity index (χ1v) is 10.3. The topological polar surface area (TPSA) is 47.9 Å². The zero-order valence-electron chi connectivity index (χ0n) is 14.6. The van der Waals surface area contributed by atoms with Gasteiger partial charge in [-0.05, 0) is 86.3 Å². The average Bonchev–Trinajstić information content (AvgIpc) is 2.97. The van der Waals surface area contributed by atoms with Crippen molar-refractivity contribution in [2.45, 2.75) is 6.92 Å². The van der Waals surface area contributed by atoms with Gasteiger partial charge in [-0.15, -0.1) is 0 Å². The summed E-state index contributed by atoms with van der Waals surface area (Å²) in [5, 5.41) is 0.767. The molecule has 1 aliphatic heterocycles. The number of esters is 1. The highest BCUT2D eigenvalue weighted by atomic mass is 79.9. The molecule has 3 rings (SSSR count). The highest BCUT2D eigenvalue weighted by Crippen LogP contribution is 2.36. The molecule has 1 heterocycles. The van der Waals surface area contributed by atoms with Gasteiger partial charge in [-0.3, -0.25) is 0 Å². The molecule has 0 fully saturated rings. The lowest BCUT2D eigenvalue weighted by Crippen LogP contribution is -2.05. The highest BCUT2D eigenvalue weighted by molar-refractivity contribution is 9.11. The van der Waals surface area contributed by atoms with E-state index in [4.69, 9.17) is 32.7 Å². The van der Waals surface area contributed by atoms with Crippen molar-refractivity contribution in [3.63, 3.8) is 0 Å². The number of rotatable bonds is 5. The summed E-state index contributed by atoms with van der Waals surface area (Å²) in [6.07, 6.45) is 1.63. The molecule has 0 N–H and O–H groups in total. The molecule has 0 saturated heterocycles. The number of benzene rings is 2. The van der Waals surface area contributed by atoms with Crippen LogP contribution in [0.2, 0.25) is 10.0 Å². The van der Waals surface area contributed by atoms with Crippen LogP contribution in [0.4, 0.5) is 0 Å². The van der Waals surface area contributed by atoms with Crippen LogP contribution in [0.25, 0.3) is 6.08 Å². The summed E-state index contributed by atoms with van der Waals surface area (Å²) in [7, 11) is 0. The van der Waals surface area contributed by atoms with Gasteiger partial charge in [-0.25, -0.2) is 9.79 Å². The van der Waals surface area contributed by atoms with Crippen molar-refractivity contribution in [3.05, 3.63) is 78.3 Å². The maximum atomic E-state index is 12.2. The van der Waals surface area contributed by atoms with E-state index in [-0.39, 0.29) is 11.6 Å². The third-order valence-corrected chi connectivity index (χ3v) is 5.49. The van der Waals surface area contributed by atoms with Crippen molar-refractivity contribution in [1.29, 1.82) is 0 Å². The van der Waals surface area contributed by atoms with Gasteiger partial charge in [0.2, 0.25) is 5.90 Å². The monoisotopic (exact) mass is 543 g/mol. The fourth-order valence-corrected chi connectivity index (χ4v) is 4.06. The zero-order chi connectivity index (χ0) is 20.4. The Morgan fingerprint density at radius 2 is 1.89 bits per heavy atom. The van der Waals surface area contributed by atoms with E-state index in [1.807, 2.05) is 19.1 Å². The summed E-state index contributed by atoms with van der Waals surface area (Å²) in [5.74, 6) is 0.282. The lowest BCUT2D eigenvalue weighted by atomic mass is 10.2. The minimum Gasteiger partial charge on any atom is -0.487 e. The molecule has 2 aromatic carbocycles. The predicted molar refractivity (Wildman–Crippen MR) is 119 cm³/mol. The van der Waals surface area contributed by atoms with Gasteiger partial charge in [0.25, 0.3) is 0 Å². The molecule has 0 aromatic heterocycles. The van der Waals surface area contributed by atoms with Crippen LogP contribution in [0, 0.1) is 0 Å². The van der Waals surface area contributed by atoms with Crippen LogP contribution in [-0.4, -0.2) is 18.5 Å². The molecule has 8 heteroatoms. The molecule has 0 bridgehead atoms. The Hall–Kier alpha value is -1.60. The number of nitrogens with zero attached hydrogens (tertiary/aromatic N) is 1. The first-order chi connectivity index (χ1) is 13.2. The van der Waals surface area contributed by atoms with E-state index in [9.17, 15) is 4.79 Å². The second kappa shape index (κ2) is 8.82. The molecule has 0 unspecified atom stereocenters. The number of carbonyl (C=O) groups is 1.